The van der Waals surface area contributed by atoms with Crippen molar-refractivity contribution in [2.24, 2.45) is 17.8 Å². The highest BCUT2D eigenvalue weighted by atomic mass is 32.2. The summed E-state index contributed by atoms with van der Waals surface area (Å²) in [7, 11) is -6.94. The molecule has 1 aliphatic heterocycles. The molecule has 3 fully saturated rings. The molecule has 9 heteroatoms. The van der Waals surface area contributed by atoms with Gasteiger partial charge in [0.25, 0.3) is 10.1 Å². The van der Waals surface area contributed by atoms with Crippen LogP contribution in [0.4, 0.5) is 0 Å². The summed E-state index contributed by atoms with van der Waals surface area (Å²) in [6.07, 6.45) is 17.3. The van der Waals surface area contributed by atoms with Crippen LogP contribution in [-0.2, 0) is 27.9 Å². The lowest BCUT2D eigenvalue weighted by Crippen LogP contribution is -2.49. The van der Waals surface area contributed by atoms with Crippen molar-refractivity contribution in [3.8, 4) is 0 Å². The molecule has 0 N–H and O–H groups in total. The number of epoxide rings is 1. The minimum atomic E-state index is -3.54. The van der Waals surface area contributed by atoms with Gasteiger partial charge in [0.05, 0.1) is 24.1 Å². The van der Waals surface area contributed by atoms with Crippen molar-refractivity contribution < 1.29 is 26.2 Å². The summed E-state index contributed by atoms with van der Waals surface area (Å²) < 4.78 is 49.4. The van der Waals surface area contributed by atoms with Gasteiger partial charge in [0.1, 0.15) is 11.7 Å². The lowest BCUT2D eigenvalue weighted by Gasteiger charge is -2.44. The highest BCUT2D eigenvalue weighted by Crippen LogP contribution is 2.68. The molecule has 6 nitrogen and oxygen atoms in total. The smallest absolute Gasteiger partial charge is 0.264 e. The Labute approximate surface area is 255 Å². The average Bonchev–Trinajstić information content (AvgIpc) is 3.42. The number of hydrogen-bond donors (Lipinski definition) is 0. The topological polar surface area (TPSA) is 74.4 Å². The summed E-state index contributed by atoms with van der Waals surface area (Å²) in [6.45, 7) is 24.9. The maximum atomic E-state index is 11.9. The van der Waals surface area contributed by atoms with Crippen LogP contribution in [0.3, 0.4) is 0 Å². The van der Waals surface area contributed by atoms with Gasteiger partial charge in [0.15, 0.2) is 17.4 Å². The zero-order valence-electron chi connectivity index (χ0n) is 27.8. The second-order valence-corrected chi connectivity index (χ2v) is 23.7. The fourth-order valence-corrected chi connectivity index (χ4v) is 10.6. The van der Waals surface area contributed by atoms with Crippen molar-refractivity contribution in [3.63, 3.8) is 0 Å². The van der Waals surface area contributed by atoms with Crippen LogP contribution in [0.2, 0.25) is 31.2 Å². The summed E-state index contributed by atoms with van der Waals surface area (Å²) in [5.74, 6) is 1.19. The maximum absolute atomic E-state index is 11.9. The van der Waals surface area contributed by atoms with E-state index in [9.17, 15) is 8.42 Å². The Balaban J connectivity index is 1.91. The van der Waals surface area contributed by atoms with E-state index in [4.69, 9.17) is 17.8 Å². The van der Waals surface area contributed by atoms with Crippen LogP contribution in [0.25, 0.3) is 0 Å². The van der Waals surface area contributed by atoms with E-state index < -0.39 is 33.1 Å². The molecular weight excluding hydrogens is 569 g/mol. The van der Waals surface area contributed by atoms with E-state index >= 15 is 0 Å². The molecule has 2 saturated carbocycles. The third-order valence-electron chi connectivity index (χ3n) is 10.3. The normalized spacial score (nSPS) is 33.2. The molecule has 0 radical (unpaired) electrons. The molecule has 238 valence electrons. The molecular formula is C32H60O6SSi2. The first-order chi connectivity index (χ1) is 18.9. The summed E-state index contributed by atoms with van der Waals surface area (Å²) in [5.41, 5.74) is -1.25. The molecule has 41 heavy (non-hydrogen) atoms. The zero-order valence-corrected chi connectivity index (χ0v) is 30.7. The van der Waals surface area contributed by atoms with Crippen molar-refractivity contribution in [3.05, 3.63) is 24.8 Å². The Kier molecular flexibility index (Phi) is 11.1. The summed E-state index contributed by atoms with van der Waals surface area (Å²) in [5, 5.41) is 0.124. The molecule has 7 atom stereocenters. The molecule has 0 spiro atoms. The van der Waals surface area contributed by atoms with Crippen molar-refractivity contribution in [2.45, 2.75) is 147 Å². The third kappa shape index (κ3) is 7.87. The number of unbranched alkanes of at least 4 members (excludes halogenated alkanes) is 2. The number of rotatable bonds is 17. The van der Waals surface area contributed by atoms with Gasteiger partial charge in [-0.3, -0.25) is 4.18 Å². The van der Waals surface area contributed by atoms with Crippen molar-refractivity contribution in [1.29, 1.82) is 0 Å². The largest absolute Gasteiger partial charge is 0.412 e. The summed E-state index contributed by atoms with van der Waals surface area (Å²) >= 11 is 0. The van der Waals surface area contributed by atoms with Crippen LogP contribution in [0.15, 0.2) is 24.8 Å². The first-order valence-electron chi connectivity index (χ1n) is 16.1. The lowest BCUT2D eigenvalue weighted by atomic mass is 9.82. The van der Waals surface area contributed by atoms with Crippen molar-refractivity contribution in [1.82, 2.24) is 0 Å². The molecule has 0 bridgehead atoms. The van der Waals surface area contributed by atoms with Gasteiger partial charge < -0.3 is 13.6 Å². The number of hydrogen-bond acceptors (Lipinski definition) is 6. The molecule has 3 aliphatic rings. The van der Waals surface area contributed by atoms with Gasteiger partial charge in [-0.15, -0.1) is 6.58 Å². The van der Waals surface area contributed by atoms with Gasteiger partial charge in [0, 0.05) is 0 Å². The molecule has 2 aliphatic carbocycles. The summed E-state index contributed by atoms with van der Waals surface area (Å²) in [4.78, 5) is 0. The molecule has 1 saturated heterocycles. The highest BCUT2D eigenvalue weighted by molar-refractivity contribution is 7.85. The lowest BCUT2D eigenvalue weighted by molar-refractivity contribution is -0.0128. The number of fused-ring (bicyclic) bond motifs is 3. The molecule has 1 heterocycles. The monoisotopic (exact) mass is 628 g/mol. The van der Waals surface area contributed by atoms with Crippen LogP contribution in [0, 0.1) is 17.8 Å². The van der Waals surface area contributed by atoms with E-state index in [0.29, 0.717) is 17.8 Å². The van der Waals surface area contributed by atoms with E-state index in [1.165, 1.54) is 19.3 Å². The van der Waals surface area contributed by atoms with E-state index in [1.54, 1.807) is 0 Å². The van der Waals surface area contributed by atoms with Crippen LogP contribution in [-0.4, -0.2) is 61.5 Å². The van der Waals surface area contributed by atoms with Gasteiger partial charge >= 0.3 is 0 Å². The van der Waals surface area contributed by atoms with Gasteiger partial charge in [-0.2, -0.15) is 8.42 Å². The predicted molar refractivity (Wildman–Crippen MR) is 175 cm³/mol. The van der Waals surface area contributed by atoms with Gasteiger partial charge in [-0.1, -0.05) is 78.5 Å². The Morgan fingerprint density at radius 2 is 1.78 bits per heavy atom. The predicted octanol–water partition coefficient (Wildman–Crippen LogP) is 7.77. The van der Waals surface area contributed by atoms with E-state index in [-0.39, 0.29) is 29.0 Å². The van der Waals surface area contributed by atoms with E-state index in [0.717, 1.165) is 44.8 Å². The maximum Gasteiger partial charge on any atom is 0.264 e. The van der Waals surface area contributed by atoms with Crippen LogP contribution in [0.1, 0.15) is 92.4 Å². The number of ether oxygens (including phenoxy) is 1. The van der Waals surface area contributed by atoms with Gasteiger partial charge in [0.2, 0.25) is 0 Å². The van der Waals surface area contributed by atoms with E-state index in [2.05, 4.69) is 85.6 Å². The minimum absolute atomic E-state index is 0.0853. The van der Waals surface area contributed by atoms with E-state index in [1.807, 2.05) is 0 Å². The standard InChI is InChI=1S/C32H60O6SSi2/c1-12-15-18-25-22-32(37-40(8)9)27(23-31(28(32)36-31)24-35-39(7,33)34)26(25)19-17-21-30(14-3,20-16-13-2)38-41(10,11)29(4,5)6/h14,17,19,25-28,40H,3,12-13,15-16,18,20-24H2,1-2,4-11H3/b19-17+/t25-,26-,27+,28?,30?,31?,32+/m1/s1. The molecule has 0 aromatic heterocycles. The molecule has 0 amide bonds. The minimum Gasteiger partial charge on any atom is -0.412 e. The molecule has 3 rings (SSSR count). The SMILES string of the molecule is C=CC(C/C=C/[C@@H]1[C@H](CCCC)C[C@@]2(O[SiH](C)C)C3OC3(COS(C)(=O)=O)C[C@@H]12)(CCCC)O[Si](C)(C)C(C)(C)C. The first kappa shape index (κ1) is 35.2. The quantitative estimate of drug-likeness (QED) is 0.0709. The molecule has 0 aromatic rings. The van der Waals surface area contributed by atoms with Crippen molar-refractivity contribution >= 4 is 27.5 Å². The van der Waals surface area contributed by atoms with Crippen molar-refractivity contribution in [2.75, 3.05) is 12.9 Å². The fourth-order valence-electron chi connectivity index (χ4n) is 7.28. The zero-order chi connectivity index (χ0) is 30.9. The third-order valence-corrected chi connectivity index (χ3v) is 16.3. The fraction of sp³-hybridized carbons (Fsp3) is 0.875. The van der Waals surface area contributed by atoms with Crippen LogP contribution < -0.4 is 0 Å². The van der Waals surface area contributed by atoms with Crippen LogP contribution in [0.5, 0.6) is 0 Å². The molecule has 0 aromatic carbocycles. The Bertz CT molecular complexity index is 1040. The first-order valence-corrected chi connectivity index (χ1v) is 23.6. The Morgan fingerprint density at radius 1 is 1.12 bits per heavy atom. The van der Waals surface area contributed by atoms with Gasteiger partial charge in [-0.25, -0.2) is 0 Å². The Hall–Kier alpha value is -0.296. The Morgan fingerprint density at radius 3 is 2.32 bits per heavy atom. The van der Waals surface area contributed by atoms with Crippen LogP contribution >= 0.6 is 0 Å². The highest BCUT2D eigenvalue weighted by Gasteiger charge is 2.79. The second-order valence-electron chi connectivity index (χ2n) is 15.0. The molecule has 3 unspecified atom stereocenters. The second kappa shape index (κ2) is 13.0. The average molecular weight is 629 g/mol. The number of allylic oxidation sites excluding steroid dienone is 1. The van der Waals surface area contributed by atoms with Gasteiger partial charge in [-0.05, 0) is 81.1 Å². The summed E-state index contributed by atoms with van der Waals surface area (Å²) in [6, 6.07) is 0.